The SMILES string of the molecule is CC(C)OC1C(=O)C(=O)C1OC(C)C. The summed E-state index contributed by atoms with van der Waals surface area (Å²) in [6.45, 7) is 7.29. The van der Waals surface area contributed by atoms with Crippen molar-refractivity contribution in [2.75, 3.05) is 0 Å². The number of carbonyl (C=O) groups is 2. The topological polar surface area (TPSA) is 52.6 Å². The smallest absolute Gasteiger partial charge is 0.233 e. The molecular formula is C10H16O4. The molecule has 1 rings (SSSR count). The molecule has 0 bridgehead atoms. The first-order valence-electron chi connectivity index (χ1n) is 4.82. The van der Waals surface area contributed by atoms with Crippen LogP contribution >= 0.6 is 0 Å². The highest BCUT2D eigenvalue weighted by molar-refractivity contribution is 6.48. The summed E-state index contributed by atoms with van der Waals surface area (Å²) < 4.78 is 10.6. The van der Waals surface area contributed by atoms with E-state index >= 15 is 0 Å². The molecular weight excluding hydrogens is 184 g/mol. The second-order valence-electron chi connectivity index (χ2n) is 3.94. The summed E-state index contributed by atoms with van der Waals surface area (Å²) in [6, 6.07) is 0. The van der Waals surface area contributed by atoms with Gasteiger partial charge >= 0.3 is 0 Å². The molecule has 1 aliphatic rings. The molecule has 0 aromatic heterocycles. The van der Waals surface area contributed by atoms with Crippen LogP contribution in [0.15, 0.2) is 0 Å². The van der Waals surface area contributed by atoms with Crippen molar-refractivity contribution in [3.63, 3.8) is 0 Å². The van der Waals surface area contributed by atoms with Crippen LogP contribution in [0, 0.1) is 0 Å². The Balaban J connectivity index is 2.56. The normalized spacial score (nSPS) is 27.3. The molecule has 1 saturated carbocycles. The number of ketones is 2. The van der Waals surface area contributed by atoms with Gasteiger partial charge in [0.05, 0.1) is 12.2 Å². The van der Waals surface area contributed by atoms with Crippen molar-refractivity contribution >= 4 is 11.6 Å². The lowest BCUT2D eigenvalue weighted by molar-refractivity contribution is -0.184. The third kappa shape index (κ3) is 2.19. The fraction of sp³-hybridized carbons (Fsp3) is 0.800. The van der Waals surface area contributed by atoms with Gasteiger partial charge in [-0.05, 0) is 27.7 Å². The van der Waals surface area contributed by atoms with Crippen LogP contribution in [0.25, 0.3) is 0 Å². The second-order valence-corrected chi connectivity index (χ2v) is 3.94. The van der Waals surface area contributed by atoms with Gasteiger partial charge in [-0.2, -0.15) is 0 Å². The minimum Gasteiger partial charge on any atom is -0.364 e. The largest absolute Gasteiger partial charge is 0.364 e. The Labute approximate surface area is 83.6 Å². The lowest BCUT2D eigenvalue weighted by atomic mass is 9.88. The predicted octanol–water partition coefficient (Wildman–Crippen LogP) is 0.725. The summed E-state index contributed by atoms with van der Waals surface area (Å²) in [4.78, 5) is 22.3. The zero-order valence-electron chi connectivity index (χ0n) is 8.94. The Morgan fingerprint density at radius 3 is 1.36 bits per heavy atom. The Morgan fingerprint density at radius 2 is 1.14 bits per heavy atom. The number of carbonyl (C=O) groups excluding carboxylic acids is 2. The van der Waals surface area contributed by atoms with Crippen LogP contribution in [0.5, 0.6) is 0 Å². The lowest BCUT2D eigenvalue weighted by Gasteiger charge is -2.34. The van der Waals surface area contributed by atoms with E-state index in [2.05, 4.69) is 0 Å². The van der Waals surface area contributed by atoms with E-state index in [1.807, 2.05) is 27.7 Å². The molecule has 0 aromatic rings. The monoisotopic (exact) mass is 200 g/mol. The van der Waals surface area contributed by atoms with Crippen molar-refractivity contribution in [3.8, 4) is 0 Å². The Bertz CT molecular complexity index is 219. The van der Waals surface area contributed by atoms with Crippen LogP contribution in [-0.2, 0) is 19.1 Å². The highest BCUT2D eigenvalue weighted by Crippen LogP contribution is 2.22. The average molecular weight is 200 g/mol. The molecule has 80 valence electrons. The van der Waals surface area contributed by atoms with E-state index in [1.165, 1.54) is 0 Å². The first-order chi connectivity index (χ1) is 6.43. The van der Waals surface area contributed by atoms with Crippen molar-refractivity contribution in [1.29, 1.82) is 0 Å². The van der Waals surface area contributed by atoms with E-state index in [0.29, 0.717) is 0 Å². The van der Waals surface area contributed by atoms with Crippen molar-refractivity contribution in [1.82, 2.24) is 0 Å². The molecule has 2 unspecified atom stereocenters. The average Bonchev–Trinajstić information content (AvgIpc) is 2.09. The molecule has 1 aliphatic carbocycles. The molecule has 0 saturated heterocycles. The molecule has 14 heavy (non-hydrogen) atoms. The van der Waals surface area contributed by atoms with Crippen molar-refractivity contribution in [2.24, 2.45) is 0 Å². The van der Waals surface area contributed by atoms with E-state index in [9.17, 15) is 9.59 Å². The van der Waals surface area contributed by atoms with E-state index < -0.39 is 23.8 Å². The quantitative estimate of drug-likeness (QED) is 0.628. The third-order valence-electron chi connectivity index (χ3n) is 1.87. The van der Waals surface area contributed by atoms with E-state index in [4.69, 9.17) is 9.47 Å². The summed E-state index contributed by atoms with van der Waals surface area (Å²) in [5.74, 6) is -0.936. The van der Waals surface area contributed by atoms with Crippen LogP contribution in [0.1, 0.15) is 27.7 Å². The standard InChI is InChI=1S/C10H16O4/c1-5(2)13-9-7(11)8(12)10(9)14-6(3)4/h5-6,9-10H,1-4H3. The third-order valence-corrected chi connectivity index (χ3v) is 1.87. The minimum atomic E-state index is -0.690. The summed E-state index contributed by atoms with van der Waals surface area (Å²) in [6.07, 6.45) is -1.53. The van der Waals surface area contributed by atoms with Gasteiger partial charge < -0.3 is 9.47 Å². The summed E-state index contributed by atoms with van der Waals surface area (Å²) >= 11 is 0. The van der Waals surface area contributed by atoms with Gasteiger partial charge in [0, 0.05) is 0 Å². The highest BCUT2D eigenvalue weighted by atomic mass is 16.6. The molecule has 1 fully saturated rings. The minimum absolute atomic E-state index is 0.0738. The van der Waals surface area contributed by atoms with Crippen LogP contribution in [-0.4, -0.2) is 36.0 Å². The van der Waals surface area contributed by atoms with Crippen LogP contribution in [0.3, 0.4) is 0 Å². The molecule has 0 amide bonds. The summed E-state index contributed by atoms with van der Waals surface area (Å²) in [5.41, 5.74) is 0. The number of Topliss-reactive ketones (excluding diaryl/α,β-unsaturated/α-hetero) is 2. The van der Waals surface area contributed by atoms with Gasteiger partial charge in [-0.25, -0.2) is 0 Å². The molecule has 4 nitrogen and oxygen atoms in total. The molecule has 0 aromatic carbocycles. The first-order valence-corrected chi connectivity index (χ1v) is 4.82. The maximum Gasteiger partial charge on any atom is 0.233 e. The zero-order chi connectivity index (χ0) is 10.9. The van der Waals surface area contributed by atoms with Gasteiger partial charge in [-0.3, -0.25) is 9.59 Å². The van der Waals surface area contributed by atoms with Gasteiger partial charge in [-0.15, -0.1) is 0 Å². The lowest BCUT2D eigenvalue weighted by Crippen LogP contribution is -2.61. The van der Waals surface area contributed by atoms with Gasteiger partial charge in [-0.1, -0.05) is 0 Å². The number of ether oxygens (including phenoxy) is 2. The molecule has 0 heterocycles. The van der Waals surface area contributed by atoms with Gasteiger partial charge in [0.15, 0.2) is 12.2 Å². The maximum atomic E-state index is 11.1. The number of hydrogen-bond acceptors (Lipinski definition) is 4. The summed E-state index contributed by atoms with van der Waals surface area (Å²) in [7, 11) is 0. The van der Waals surface area contributed by atoms with Crippen LogP contribution in [0.4, 0.5) is 0 Å². The molecule has 0 aliphatic heterocycles. The highest BCUT2D eigenvalue weighted by Gasteiger charge is 2.51. The van der Waals surface area contributed by atoms with Gasteiger partial charge in [0.2, 0.25) is 11.6 Å². The molecule has 4 heteroatoms. The Kier molecular flexibility index (Phi) is 3.39. The molecule has 2 atom stereocenters. The van der Waals surface area contributed by atoms with Gasteiger partial charge in [0.25, 0.3) is 0 Å². The van der Waals surface area contributed by atoms with Gasteiger partial charge in [0.1, 0.15) is 0 Å². The van der Waals surface area contributed by atoms with Crippen molar-refractivity contribution < 1.29 is 19.1 Å². The fourth-order valence-corrected chi connectivity index (χ4v) is 1.31. The van der Waals surface area contributed by atoms with Crippen molar-refractivity contribution in [3.05, 3.63) is 0 Å². The van der Waals surface area contributed by atoms with Crippen molar-refractivity contribution in [2.45, 2.75) is 52.1 Å². The van der Waals surface area contributed by atoms with E-state index in [1.54, 1.807) is 0 Å². The molecule has 0 spiro atoms. The second kappa shape index (κ2) is 4.19. The van der Waals surface area contributed by atoms with Crippen LogP contribution < -0.4 is 0 Å². The summed E-state index contributed by atoms with van der Waals surface area (Å²) in [5, 5.41) is 0. The Morgan fingerprint density at radius 1 is 0.857 bits per heavy atom. The molecule has 0 radical (unpaired) electrons. The first kappa shape index (κ1) is 11.3. The fourth-order valence-electron chi connectivity index (χ4n) is 1.31. The number of hydrogen-bond donors (Lipinski definition) is 0. The number of rotatable bonds is 4. The maximum absolute atomic E-state index is 11.1. The Hall–Kier alpha value is -0.740. The predicted molar refractivity (Wildman–Crippen MR) is 50.0 cm³/mol. The van der Waals surface area contributed by atoms with E-state index in [-0.39, 0.29) is 12.2 Å². The van der Waals surface area contributed by atoms with Crippen LogP contribution in [0.2, 0.25) is 0 Å². The zero-order valence-corrected chi connectivity index (χ0v) is 8.94. The molecule has 0 N–H and O–H groups in total. The van der Waals surface area contributed by atoms with E-state index in [0.717, 1.165) is 0 Å².